The predicted octanol–water partition coefficient (Wildman–Crippen LogP) is 5.85. The quantitative estimate of drug-likeness (QED) is 0.550. The summed E-state index contributed by atoms with van der Waals surface area (Å²) in [7, 11) is 3.81. The Bertz CT molecular complexity index is 789. The van der Waals surface area contributed by atoms with E-state index in [9.17, 15) is 0 Å². The Kier molecular flexibility index (Phi) is 4.73. The van der Waals surface area contributed by atoms with Crippen molar-refractivity contribution >= 4 is 17.4 Å². The van der Waals surface area contributed by atoms with Crippen molar-refractivity contribution in [2.24, 2.45) is 22.7 Å². The highest BCUT2D eigenvalue weighted by molar-refractivity contribution is 7.80. The van der Waals surface area contributed by atoms with E-state index in [0.29, 0.717) is 22.4 Å². The molecule has 3 aliphatic rings. The largest absolute Gasteiger partial charge is 0.486 e. The van der Waals surface area contributed by atoms with E-state index in [1.54, 1.807) is 0 Å². The van der Waals surface area contributed by atoms with Gasteiger partial charge in [-0.15, -0.1) is 0 Å². The number of thiocarbonyl (C=S) groups is 1. The van der Waals surface area contributed by atoms with Gasteiger partial charge in [0.25, 0.3) is 5.17 Å². The lowest BCUT2D eigenvalue weighted by Crippen LogP contribution is -2.68. The summed E-state index contributed by atoms with van der Waals surface area (Å²) in [4.78, 5) is 1.82. The van der Waals surface area contributed by atoms with Gasteiger partial charge >= 0.3 is 0 Å². The fourth-order valence-electron chi connectivity index (χ4n) is 6.45. The molecule has 0 saturated heterocycles. The molecule has 4 atom stereocenters. The van der Waals surface area contributed by atoms with Gasteiger partial charge in [0.15, 0.2) is 0 Å². The number of hydrogen-bond acceptors (Lipinski definition) is 3. The SMILES string of the molecule is C[C@H]1CC[C@H]2C(C)(C)CCC[C@]23Oc2ccc(OC(=S)N(C)C)cc2C[C@]13C. The first kappa shape index (κ1) is 20.0. The van der Waals surface area contributed by atoms with Crippen LogP contribution in [0.3, 0.4) is 0 Å². The molecule has 0 amide bonds. The molecule has 28 heavy (non-hydrogen) atoms. The van der Waals surface area contributed by atoms with Crippen molar-refractivity contribution in [2.45, 2.75) is 71.8 Å². The first-order valence-electron chi connectivity index (χ1n) is 10.8. The van der Waals surface area contributed by atoms with Gasteiger partial charge < -0.3 is 14.4 Å². The predicted molar refractivity (Wildman–Crippen MR) is 118 cm³/mol. The highest BCUT2D eigenvalue weighted by atomic mass is 32.1. The summed E-state index contributed by atoms with van der Waals surface area (Å²) in [5.41, 5.74) is 1.73. The van der Waals surface area contributed by atoms with E-state index in [1.807, 2.05) is 25.1 Å². The minimum absolute atomic E-state index is 0.0409. The molecular weight excluding hydrogens is 366 g/mol. The van der Waals surface area contributed by atoms with E-state index in [1.165, 1.54) is 37.7 Å². The summed E-state index contributed by atoms with van der Waals surface area (Å²) in [5, 5.41) is 0.486. The van der Waals surface area contributed by atoms with Crippen molar-refractivity contribution in [2.75, 3.05) is 14.1 Å². The zero-order valence-corrected chi connectivity index (χ0v) is 19.1. The molecule has 3 nitrogen and oxygen atoms in total. The molecule has 1 spiro atoms. The van der Waals surface area contributed by atoms with Crippen LogP contribution >= 0.6 is 12.2 Å². The molecule has 0 N–H and O–H groups in total. The van der Waals surface area contributed by atoms with Crippen LogP contribution in [-0.4, -0.2) is 29.8 Å². The van der Waals surface area contributed by atoms with E-state index in [2.05, 4.69) is 39.8 Å². The van der Waals surface area contributed by atoms with Crippen LogP contribution in [0.25, 0.3) is 0 Å². The molecule has 2 saturated carbocycles. The third kappa shape index (κ3) is 2.86. The molecule has 0 radical (unpaired) electrons. The Morgan fingerprint density at radius 1 is 1.18 bits per heavy atom. The molecule has 154 valence electrons. The minimum Gasteiger partial charge on any atom is -0.486 e. The van der Waals surface area contributed by atoms with E-state index in [-0.39, 0.29) is 11.0 Å². The van der Waals surface area contributed by atoms with Crippen LogP contribution in [0.2, 0.25) is 0 Å². The molecule has 1 aromatic carbocycles. The fourth-order valence-corrected chi connectivity index (χ4v) is 6.55. The van der Waals surface area contributed by atoms with Gasteiger partial charge in [0.1, 0.15) is 17.1 Å². The van der Waals surface area contributed by atoms with Crippen molar-refractivity contribution in [3.8, 4) is 11.5 Å². The lowest BCUT2D eigenvalue weighted by atomic mass is 9.44. The summed E-state index contributed by atoms with van der Waals surface area (Å²) in [6.45, 7) is 9.86. The Balaban J connectivity index is 1.74. The van der Waals surface area contributed by atoms with Gasteiger partial charge in [0, 0.05) is 25.4 Å². The third-order valence-electron chi connectivity index (χ3n) is 8.27. The summed E-state index contributed by atoms with van der Waals surface area (Å²) in [6.07, 6.45) is 7.41. The van der Waals surface area contributed by atoms with Crippen molar-refractivity contribution in [3.05, 3.63) is 23.8 Å². The van der Waals surface area contributed by atoms with Gasteiger partial charge in [-0.3, -0.25) is 0 Å². The first-order valence-corrected chi connectivity index (χ1v) is 11.2. The molecule has 0 aromatic heterocycles. The van der Waals surface area contributed by atoms with Crippen molar-refractivity contribution in [3.63, 3.8) is 0 Å². The lowest BCUT2D eigenvalue weighted by Gasteiger charge is -2.66. The number of hydrogen-bond donors (Lipinski definition) is 0. The van der Waals surface area contributed by atoms with Crippen LogP contribution in [0.1, 0.15) is 65.4 Å². The van der Waals surface area contributed by atoms with Crippen LogP contribution in [-0.2, 0) is 6.42 Å². The molecule has 0 bridgehead atoms. The molecule has 2 fully saturated rings. The maximum Gasteiger partial charge on any atom is 0.264 e. The summed E-state index contributed by atoms with van der Waals surface area (Å²) >= 11 is 5.32. The summed E-state index contributed by atoms with van der Waals surface area (Å²) in [5.74, 6) is 3.14. The molecule has 2 aliphatic carbocycles. The standard InChI is InChI=1S/C24H35NO2S/c1-16-8-11-20-22(2,3)12-7-13-24(20)23(16,4)15-17-14-18(9-10-19(17)27-24)26-21(28)25(5)6/h9-10,14,16,20H,7-8,11-13,15H2,1-6H3/t16-,20-,23+,24-/m0/s1. The molecule has 1 aromatic rings. The average Bonchev–Trinajstić information content (AvgIpc) is 2.60. The van der Waals surface area contributed by atoms with Crippen molar-refractivity contribution in [1.29, 1.82) is 0 Å². The first-order chi connectivity index (χ1) is 13.1. The smallest absolute Gasteiger partial charge is 0.264 e. The maximum absolute atomic E-state index is 7.05. The van der Waals surface area contributed by atoms with Gasteiger partial charge in [0.05, 0.1) is 0 Å². The zero-order chi connectivity index (χ0) is 20.3. The van der Waals surface area contributed by atoms with Crippen molar-refractivity contribution < 1.29 is 9.47 Å². The highest BCUT2D eigenvalue weighted by Crippen LogP contribution is 2.65. The molecular formula is C24H35NO2S. The summed E-state index contributed by atoms with van der Waals surface area (Å²) in [6, 6.07) is 6.26. The van der Waals surface area contributed by atoms with Gasteiger partial charge in [-0.25, -0.2) is 0 Å². The molecule has 0 unspecified atom stereocenters. The van der Waals surface area contributed by atoms with Gasteiger partial charge in [0.2, 0.25) is 0 Å². The number of nitrogens with zero attached hydrogens (tertiary/aromatic N) is 1. The molecule has 1 aliphatic heterocycles. The molecule has 4 heteroatoms. The number of rotatable bonds is 1. The van der Waals surface area contributed by atoms with Crippen LogP contribution in [0.5, 0.6) is 11.5 Å². The monoisotopic (exact) mass is 401 g/mol. The van der Waals surface area contributed by atoms with Crippen LogP contribution in [0.4, 0.5) is 0 Å². The van der Waals surface area contributed by atoms with Crippen LogP contribution in [0.15, 0.2) is 18.2 Å². The van der Waals surface area contributed by atoms with Gasteiger partial charge in [-0.05, 0) is 85.8 Å². The van der Waals surface area contributed by atoms with Gasteiger partial charge in [-0.2, -0.15) is 0 Å². The second kappa shape index (κ2) is 6.62. The van der Waals surface area contributed by atoms with E-state index in [0.717, 1.165) is 17.9 Å². The van der Waals surface area contributed by atoms with E-state index >= 15 is 0 Å². The van der Waals surface area contributed by atoms with E-state index < -0.39 is 0 Å². The minimum atomic E-state index is -0.0409. The Hall–Kier alpha value is -1.29. The number of ether oxygens (including phenoxy) is 2. The number of benzene rings is 1. The second-order valence-electron chi connectivity index (χ2n) is 10.5. The summed E-state index contributed by atoms with van der Waals surface area (Å²) < 4.78 is 12.9. The normalized spacial score (nSPS) is 35.6. The Labute approximate surface area is 175 Å². The van der Waals surface area contributed by atoms with Crippen LogP contribution < -0.4 is 9.47 Å². The lowest BCUT2D eigenvalue weighted by molar-refractivity contribution is -0.210. The molecule has 1 heterocycles. The average molecular weight is 402 g/mol. The molecule has 4 rings (SSSR count). The zero-order valence-electron chi connectivity index (χ0n) is 18.3. The Morgan fingerprint density at radius 2 is 1.93 bits per heavy atom. The number of fused-ring (bicyclic) bond motifs is 1. The fraction of sp³-hybridized carbons (Fsp3) is 0.708. The van der Waals surface area contributed by atoms with Gasteiger partial charge in [-0.1, -0.05) is 27.7 Å². The van der Waals surface area contributed by atoms with E-state index in [4.69, 9.17) is 21.7 Å². The Morgan fingerprint density at radius 3 is 2.64 bits per heavy atom. The highest BCUT2D eigenvalue weighted by Gasteiger charge is 2.65. The second-order valence-corrected chi connectivity index (χ2v) is 10.8. The van der Waals surface area contributed by atoms with Crippen molar-refractivity contribution in [1.82, 2.24) is 4.90 Å². The van der Waals surface area contributed by atoms with Crippen LogP contribution in [0, 0.1) is 22.7 Å². The third-order valence-corrected chi connectivity index (χ3v) is 8.72. The maximum atomic E-state index is 7.05. The topological polar surface area (TPSA) is 21.7 Å².